The molecule has 78 valence electrons. The topological polar surface area (TPSA) is 65.3 Å². The molecule has 2 atom stereocenters. The average Bonchev–Trinajstić information content (AvgIpc) is 2.66. The molecule has 0 aromatic carbocycles. The molecule has 1 aromatic heterocycles. The Hall–Kier alpha value is -1.62. The number of hydrogen-bond acceptors (Lipinski definition) is 3. The molecular formula is C10H10N2O3. The molecule has 1 aromatic rings. The molecule has 3 heterocycles. The Kier molecular flexibility index (Phi) is 1.70. The standard InChI is InChI=1S/C10H10N2O3/c13-10-6-2-1-4-12(14)8(6)9-7(11-10)3-5-15-9/h1-2,4,7,9H,3,5H2,(H,11,13)/t7?,9-/m1/s1. The van der Waals surface area contributed by atoms with Crippen LogP contribution in [0.4, 0.5) is 0 Å². The highest BCUT2D eigenvalue weighted by atomic mass is 16.5. The number of aromatic nitrogens is 1. The molecule has 0 spiro atoms. The summed E-state index contributed by atoms with van der Waals surface area (Å²) in [4.78, 5) is 11.7. The van der Waals surface area contributed by atoms with Gasteiger partial charge in [-0.3, -0.25) is 4.79 Å². The highest BCUT2D eigenvalue weighted by Crippen LogP contribution is 2.32. The summed E-state index contributed by atoms with van der Waals surface area (Å²) in [5.41, 5.74) is 0.874. The van der Waals surface area contributed by atoms with E-state index >= 15 is 0 Å². The van der Waals surface area contributed by atoms with Gasteiger partial charge in [0.1, 0.15) is 5.56 Å². The van der Waals surface area contributed by atoms with Gasteiger partial charge >= 0.3 is 0 Å². The van der Waals surface area contributed by atoms with Crippen LogP contribution in [-0.4, -0.2) is 18.6 Å². The predicted molar refractivity (Wildman–Crippen MR) is 50.0 cm³/mol. The van der Waals surface area contributed by atoms with E-state index < -0.39 is 0 Å². The van der Waals surface area contributed by atoms with Gasteiger partial charge in [-0.25, -0.2) is 0 Å². The second-order valence-corrected chi connectivity index (χ2v) is 3.79. The van der Waals surface area contributed by atoms with Crippen molar-refractivity contribution in [2.24, 2.45) is 0 Å². The van der Waals surface area contributed by atoms with E-state index in [1.165, 1.54) is 6.20 Å². The maximum atomic E-state index is 11.7. The smallest absolute Gasteiger partial charge is 0.258 e. The minimum absolute atomic E-state index is 0.0485. The fourth-order valence-electron chi connectivity index (χ4n) is 2.23. The van der Waals surface area contributed by atoms with Gasteiger partial charge in [-0.15, -0.1) is 0 Å². The summed E-state index contributed by atoms with van der Waals surface area (Å²) < 4.78 is 6.21. The zero-order chi connectivity index (χ0) is 10.4. The molecule has 2 aliphatic heterocycles. The lowest BCUT2D eigenvalue weighted by molar-refractivity contribution is -0.619. The van der Waals surface area contributed by atoms with Crippen LogP contribution in [-0.2, 0) is 4.74 Å². The first-order valence-corrected chi connectivity index (χ1v) is 4.92. The van der Waals surface area contributed by atoms with Crippen LogP contribution in [0.5, 0.6) is 0 Å². The number of carbonyl (C=O) groups is 1. The Balaban J connectivity index is 2.19. The molecule has 0 aliphatic carbocycles. The van der Waals surface area contributed by atoms with E-state index in [1.54, 1.807) is 12.1 Å². The fraction of sp³-hybridized carbons (Fsp3) is 0.400. The number of rotatable bonds is 0. The Bertz CT molecular complexity index is 433. The summed E-state index contributed by atoms with van der Waals surface area (Å²) in [5.74, 6) is -0.179. The van der Waals surface area contributed by atoms with Gasteiger partial charge in [-0.05, 0) is 12.5 Å². The summed E-state index contributed by atoms with van der Waals surface area (Å²) in [6.07, 6.45) is 1.89. The lowest BCUT2D eigenvalue weighted by atomic mass is 9.97. The van der Waals surface area contributed by atoms with Crippen LogP contribution in [0.1, 0.15) is 28.6 Å². The Labute approximate surface area is 86.2 Å². The molecule has 1 unspecified atom stereocenters. The number of carbonyl (C=O) groups excluding carboxylic acids is 1. The lowest BCUT2D eigenvalue weighted by Crippen LogP contribution is -2.48. The monoisotopic (exact) mass is 206 g/mol. The molecule has 15 heavy (non-hydrogen) atoms. The fourth-order valence-corrected chi connectivity index (χ4v) is 2.23. The quantitative estimate of drug-likeness (QED) is 0.476. The molecule has 1 fully saturated rings. The molecule has 2 aliphatic rings. The first-order valence-electron chi connectivity index (χ1n) is 4.92. The zero-order valence-electron chi connectivity index (χ0n) is 7.97. The SMILES string of the molecule is O=C1NC2CCO[C@H]2c2c1ccc[n+]2[O-]. The van der Waals surface area contributed by atoms with Crippen molar-refractivity contribution in [2.45, 2.75) is 18.6 Å². The third-order valence-electron chi connectivity index (χ3n) is 2.92. The molecular weight excluding hydrogens is 196 g/mol. The van der Waals surface area contributed by atoms with Crippen LogP contribution in [0.3, 0.4) is 0 Å². The summed E-state index contributed by atoms with van der Waals surface area (Å²) >= 11 is 0. The summed E-state index contributed by atoms with van der Waals surface area (Å²) in [7, 11) is 0. The van der Waals surface area contributed by atoms with Gasteiger partial charge < -0.3 is 15.3 Å². The highest BCUT2D eigenvalue weighted by molar-refractivity contribution is 5.96. The number of hydrogen-bond donors (Lipinski definition) is 1. The molecule has 1 amide bonds. The maximum Gasteiger partial charge on any atom is 0.258 e. The van der Waals surface area contributed by atoms with Crippen molar-refractivity contribution in [3.8, 4) is 0 Å². The Morgan fingerprint density at radius 3 is 3.33 bits per heavy atom. The van der Waals surface area contributed by atoms with E-state index in [0.29, 0.717) is 17.9 Å². The van der Waals surface area contributed by atoms with Crippen molar-refractivity contribution in [2.75, 3.05) is 6.61 Å². The normalized spacial score (nSPS) is 28.1. The average molecular weight is 206 g/mol. The van der Waals surface area contributed by atoms with E-state index in [1.807, 2.05) is 0 Å². The van der Waals surface area contributed by atoms with Crippen LogP contribution in [0, 0.1) is 5.21 Å². The molecule has 0 radical (unpaired) electrons. The summed E-state index contributed by atoms with van der Waals surface area (Å²) in [6, 6.07) is 3.17. The van der Waals surface area contributed by atoms with Gasteiger partial charge in [-0.2, -0.15) is 4.73 Å². The maximum absolute atomic E-state index is 11.7. The van der Waals surface area contributed by atoms with Crippen molar-refractivity contribution in [1.82, 2.24) is 5.32 Å². The first-order chi connectivity index (χ1) is 7.27. The molecule has 5 heteroatoms. The van der Waals surface area contributed by atoms with E-state index in [2.05, 4.69) is 5.32 Å². The van der Waals surface area contributed by atoms with E-state index in [0.717, 1.165) is 11.2 Å². The highest BCUT2D eigenvalue weighted by Gasteiger charge is 2.43. The molecule has 0 bridgehead atoms. The number of nitrogens with one attached hydrogen (secondary N) is 1. The first kappa shape index (κ1) is 8.67. The van der Waals surface area contributed by atoms with Crippen molar-refractivity contribution in [3.63, 3.8) is 0 Å². The van der Waals surface area contributed by atoms with Crippen LogP contribution < -0.4 is 10.0 Å². The van der Waals surface area contributed by atoms with Crippen molar-refractivity contribution in [1.29, 1.82) is 0 Å². The minimum atomic E-state index is -0.281. The predicted octanol–water partition coefficient (Wildman–Crippen LogP) is -0.107. The Morgan fingerprint density at radius 2 is 2.47 bits per heavy atom. The van der Waals surface area contributed by atoms with Crippen LogP contribution in [0.2, 0.25) is 0 Å². The lowest BCUT2D eigenvalue weighted by Gasteiger charge is -2.25. The second kappa shape index (κ2) is 2.93. The van der Waals surface area contributed by atoms with Gasteiger partial charge in [-0.1, -0.05) is 0 Å². The third kappa shape index (κ3) is 1.13. The van der Waals surface area contributed by atoms with Gasteiger partial charge in [0.15, 0.2) is 12.3 Å². The molecule has 5 nitrogen and oxygen atoms in total. The number of amides is 1. The van der Waals surface area contributed by atoms with Gasteiger partial charge in [0, 0.05) is 12.7 Å². The van der Waals surface area contributed by atoms with Crippen LogP contribution in [0.15, 0.2) is 18.3 Å². The zero-order valence-corrected chi connectivity index (χ0v) is 7.97. The van der Waals surface area contributed by atoms with Gasteiger partial charge in [0.2, 0.25) is 5.69 Å². The van der Waals surface area contributed by atoms with Crippen molar-refractivity contribution < 1.29 is 14.3 Å². The molecule has 1 N–H and O–H groups in total. The summed E-state index contributed by atoms with van der Waals surface area (Å²) in [5, 5.41) is 14.5. The second-order valence-electron chi connectivity index (χ2n) is 3.79. The van der Waals surface area contributed by atoms with Crippen LogP contribution >= 0.6 is 0 Å². The minimum Gasteiger partial charge on any atom is -0.618 e. The van der Waals surface area contributed by atoms with Crippen molar-refractivity contribution >= 4 is 5.91 Å². The molecule has 0 saturated carbocycles. The number of fused-ring (bicyclic) bond motifs is 3. The Morgan fingerprint density at radius 1 is 1.60 bits per heavy atom. The van der Waals surface area contributed by atoms with Crippen LogP contribution in [0.25, 0.3) is 0 Å². The molecule has 3 rings (SSSR count). The molecule has 1 saturated heterocycles. The number of ether oxygens (including phenoxy) is 1. The van der Waals surface area contributed by atoms with Gasteiger partial charge in [0.25, 0.3) is 5.91 Å². The summed E-state index contributed by atoms with van der Waals surface area (Å²) in [6.45, 7) is 0.587. The van der Waals surface area contributed by atoms with E-state index in [4.69, 9.17) is 4.74 Å². The number of pyridine rings is 1. The number of nitrogens with zero attached hydrogens (tertiary/aromatic N) is 1. The largest absolute Gasteiger partial charge is 0.618 e. The van der Waals surface area contributed by atoms with Crippen molar-refractivity contribution in [3.05, 3.63) is 34.8 Å². The van der Waals surface area contributed by atoms with E-state index in [9.17, 15) is 10.0 Å². The third-order valence-corrected chi connectivity index (χ3v) is 2.92. The van der Waals surface area contributed by atoms with E-state index in [-0.39, 0.29) is 18.1 Å². The van der Waals surface area contributed by atoms with Gasteiger partial charge in [0.05, 0.1) is 6.04 Å².